The van der Waals surface area contributed by atoms with Gasteiger partial charge >= 0.3 is 5.97 Å². The lowest BCUT2D eigenvalue weighted by Crippen LogP contribution is -2.05. The second-order valence-electron chi connectivity index (χ2n) is 7.08. The lowest BCUT2D eigenvalue weighted by atomic mass is 9.93. The molecule has 3 aromatic rings. The van der Waals surface area contributed by atoms with Crippen LogP contribution in [0.15, 0.2) is 66.7 Å². The lowest BCUT2D eigenvalue weighted by Gasteiger charge is -2.18. The molecule has 0 heterocycles. The summed E-state index contributed by atoms with van der Waals surface area (Å²) in [4.78, 5) is 23.3. The number of methoxy groups -OCH3 is 1. The predicted octanol–water partition coefficient (Wildman–Crippen LogP) is 5.33. The van der Waals surface area contributed by atoms with Crippen LogP contribution in [0.5, 0.6) is 17.2 Å². The summed E-state index contributed by atoms with van der Waals surface area (Å²) in [5, 5.41) is 20.2. The van der Waals surface area contributed by atoms with E-state index in [9.17, 15) is 19.8 Å². The molecule has 0 radical (unpaired) electrons. The molecule has 0 aliphatic carbocycles. The Morgan fingerprint density at radius 3 is 2.28 bits per heavy atom. The molecule has 0 aliphatic heterocycles. The third-order valence-electron chi connectivity index (χ3n) is 5.08. The first-order valence-corrected chi connectivity index (χ1v) is 9.99. The van der Waals surface area contributed by atoms with Gasteiger partial charge in [0.1, 0.15) is 23.9 Å². The summed E-state index contributed by atoms with van der Waals surface area (Å²) in [6.07, 6.45) is 1.85. The highest BCUT2D eigenvalue weighted by Gasteiger charge is 2.21. The summed E-state index contributed by atoms with van der Waals surface area (Å²) in [5.41, 5.74) is 2.93. The lowest BCUT2D eigenvalue weighted by molar-refractivity contribution is 0.0696. The fraction of sp³-hybridized carbons (Fsp3) is 0.154. The topological polar surface area (TPSA) is 93.1 Å². The van der Waals surface area contributed by atoms with E-state index in [1.807, 2.05) is 43.3 Å². The van der Waals surface area contributed by atoms with E-state index < -0.39 is 5.97 Å². The van der Waals surface area contributed by atoms with Gasteiger partial charge in [0, 0.05) is 5.56 Å². The van der Waals surface area contributed by atoms with Gasteiger partial charge in [-0.25, -0.2) is 4.79 Å². The van der Waals surface area contributed by atoms with Crippen molar-refractivity contribution in [1.82, 2.24) is 0 Å². The van der Waals surface area contributed by atoms with Gasteiger partial charge in [-0.1, -0.05) is 42.5 Å². The molecule has 0 spiro atoms. The van der Waals surface area contributed by atoms with Crippen LogP contribution in [0.1, 0.15) is 51.3 Å². The SMILES string of the molecule is C/C=C(\c1ccccc1)c1c(OCc2ccc(C(=O)O)cc2OC)ccc(C(C)=O)c1O. The predicted molar refractivity (Wildman–Crippen MR) is 122 cm³/mol. The molecule has 0 saturated heterocycles. The van der Waals surface area contributed by atoms with E-state index in [1.54, 1.807) is 12.1 Å². The van der Waals surface area contributed by atoms with Crippen molar-refractivity contribution in [3.63, 3.8) is 0 Å². The molecule has 2 N–H and O–H groups in total. The molecule has 6 heteroatoms. The number of phenolic OH excluding ortho intramolecular Hbond substituents is 1. The standard InChI is InChI=1S/C26H24O6/c1-4-20(17-8-6-5-7-9-17)24-22(13-12-21(16(2)27)25(24)28)32-15-19-11-10-18(26(29)30)14-23(19)31-3/h4-14,28H,15H2,1-3H3,(H,29,30)/b20-4+. The van der Waals surface area contributed by atoms with E-state index in [4.69, 9.17) is 9.47 Å². The number of allylic oxidation sites excluding steroid dienone is 1. The highest BCUT2D eigenvalue weighted by atomic mass is 16.5. The van der Waals surface area contributed by atoms with Gasteiger partial charge in [0.25, 0.3) is 0 Å². The number of carboxylic acid groups (broad SMARTS) is 1. The van der Waals surface area contributed by atoms with Gasteiger partial charge in [0.05, 0.1) is 23.8 Å². The Hall–Kier alpha value is -4.06. The van der Waals surface area contributed by atoms with Crippen molar-refractivity contribution in [3.8, 4) is 17.2 Å². The summed E-state index contributed by atoms with van der Waals surface area (Å²) in [6, 6.07) is 17.2. The van der Waals surface area contributed by atoms with E-state index in [0.29, 0.717) is 22.6 Å². The molecular formula is C26H24O6. The van der Waals surface area contributed by atoms with Crippen LogP contribution in [0.2, 0.25) is 0 Å². The number of hydrogen-bond donors (Lipinski definition) is 2. The first-order valence-electron chi connectivity index (χ1n) is 9.99. The molecule has 164 valence electrons. The Morgan fingerprint density at radius 2 is 1.69 bits per heavy atom. The Balaban J connectivity index is 2.05. The fourth-order valence-corrected chi connectivity index (χ4v) is 3.46. The molecule has 3 rings (SSSR count). The third kappa shape index (κ3) is 4.64. The number of hydrogen-bond acceptors (Lipinski definition) is 5. The minimum absolute atomic E-state index is 0.0702. The number of aromatic hydroxyl groups is 1. The van der Waals surface area contributed by atoms with Crippen molar-refractivity contribution < 1.29 is 29.3 Å². The van der Waals surface area contributed by atoms with Crippen molar-refractivity contribution >= 4 is 17.3 Å². The van der Waals surface area contributed by atoms with E-state index in [0.717, 1.165) is 11.1 Å². The molecule has 0 aromatic heterocycles. The van der Waals surface area contributed by atoms with Crippen LogP contribution in [0, 0.1) is 0 Å². The zero-order valence-electron chi connectivity index (χ0n) is 18.1. The van der Waals surface area contributed by atoms with Gasteiger partial charge in [-0.2, -0.15) is 0 Å². The largest absolute Gasteiger partial charge is 0.506 e. The van der Waals surface area contributed by atoms with Crippen molar-refractivity contribution in [3.05, 3.63) is 94.6 Å². The van der Waals surface area contributed by atoms with Gasteiger partial charge in [-0.3, -0.25) is 4.79 Å². The summed E-state index contributed by atoms with van der Waals surface area (Å²) in [5.74, 6) is -0.701. The minimum atomic E-state index is -1.05. The Kier molecular flexibility index (Phi) is 6.95. The Labute approximate surface area is 186 Å². The van der Waals surface area contributed by atoms with Gasteiger partial charge in [0.2, 0.25) is 0 Å². The fourth-order valence-electron chi connectivity index (χ4n) is 3.46. The van der Waals surface area contributed by atoms with Gasteiger partial charge in [-0.15, -0.1) is 0 Å². The second kappa shape index (κ2) is 9.83. The number of aromatic carboxylic acids is 1. The highest BCUT2D eigenvalue weighted by molar-refractivity contribution is 6.00. The number of carbonyl (C=O) groups excluding carboxylic acids is 1. The number of benzene rings is 3. The third-order valence-corrected chi connectivity index (χ3v) is 5.08. The van der Waals surface area contributed by atoms with Crippen LogP contribution in [0.4, 0.5) is 0 Å². The first kappa shape index (κ1) is 22.6. The quantitative estimate of drug-likeness (QED) is 0.467. The van der Waals surface area contributed by atoms with Gasteiger partial charge < -0.3 is 19.7 Å². The maximum atomic E-state index is 12.0. The number of phenols is 1. The number of rotatable bonds is 8. The van der Waals surface area contributed by atoms with E-state index in [2.05, 4.69) is 0 Å². The average Bonchev–Trinajstić information content (AvgIpc) is 2.79. The first-order chi connectivity index (χ1) is 15.4. The van der Waals surface area contributed by atoms with Crippen molar-refractivity contribution in [2.45, 2.75) is 20.5 Å². The van der Waals surface area contributed by atoms with Crippen LogP contribution in [0.3, 0.4) is 0 Å². The summed E-state index contributed by atoms with van der Waals surface area (Å²) in [7, 11) is 1.46. The van der Waals surface area contributed by atoms with E-state index in [1.165, 1.54) is 32.2 Å². The summed E-state index contributed by atoms with van der Waals surface area (Å²) < 4.78 is 11.4. The molecule has 0 unspecified atom stereocenters. The van der Waals surface area contributed by atoms with E-state index in [-0.39, 0.29) is 29.3 Å². The van der Waals surface area contributed by atoms with Crippen LogP contribution >= 0.6 is 0 Å². The smallest absolute Gasteiger partial charge is 0.335 e. The Bertz CT molecular complexity index is 1180. The molecule has 0 fully saturated rings. The second-order valence-corrected chi connectivity index (χ2v) is 7.08. The molecule has 0 amide bonds. The van der Waals surface area contributed by atoms with Gasteiger partial charge in [-0.05, 0) is 49.2 Å². The Morgan fingerprint density at radius 1 is 0.969 bits per heavy atom. The molecule has 0 atom stereocenters. The average molecular weight is 432 g/mol. The highest BCUT2D eigenvalue weighted by Crippen LogP contribution is 2.40. The number of carbonyl (C=O) groups is 2. The number of ketones is 1. The van der Waals surface area contributed by atoms with Crippen molar-refractivity contribution in [2.75, 3.05) is 7.11 Å². The summed E-state index contributed by atoms with van der Waals surface area (Å²) >= 11 is 0. The minimum Gasteiger partial charge on any atom is -0.506 e. The monoisotopic (exact) mass is 432 g/mol. The molecule has 0 aliphatic rings. The number of carboxylic acids is 1. The molecular weight excluding hydrogens is 408 g/mol. The van der Waals surface area contributed by atoms with Crippen LogP contribution < -0.4 is 9.47 Å². The normalized spacial score (nSPS) is 11.2. The summed E-state index contributed by atoms with van der Waals surface area (Å²) in [6.45, 7) is 3.31. The van der Waals surface area contributed by atoms with Crippen molar-refractivity contribution in [2.24, 2.45) is 0 Å². The van der Waals surface area contributed by atoms with E-state index >= 15 is 0 Å². The zero-order chi connectivity index (χ0) is 23.3. The number of ether oxygens (including phenoxy) is 2. The molecule has 0 saturated carbocycles. The zero-order valence-corrected chi connectivity index (χ0v) is 18.1. The number of Topliss-reactive ketones (excluding diaryl/α,β-unsaturated/α-hetero) is 1. The van der Waals surface area contributed by atoms with Crippen LogP contribution in [-0.2, 0) is 6.61 Å². The maximum Gasteiger partial charge on any atom is 0.335 e. The maximum absolute atomic E-state index is 12.0. The van der Waals surface area contributed by atoms with Gasteiger partial charge in [0.15, 0.2) is 5.78 Å². The van der Waals surface area contributed by atoms with Crippen LogP contribution in [-0.4, -0.2) is 29.1 Å². The van der Waals surface area contributed by atoms with Crippen LogP contribution in [0.25, 0.3) is 5.57 Å². The molecule has 3 aromatic carbocycles. The molecule has 6 nitrogen and oxygen atoms in total. The van der Waals surface area contributed by atoms with Crippen molar-refractivity contribution in [1.29, 1.82) is 0 Å². The molecule has 32 heavy (non-hydrogen) atoms. The molecule has 0 bridgehead atoms.